The lowest BCUT2D eigenvalue weighted by molar-refractivity contribution is 0.663. The monoisotopic (exact) mass is 549 g/mol. The van der Waals surface area contributed by atoms with E-state index in [1.54, 1.807) is 6.07 Å². The average Bonchev–Trinajstić information content (AvgIpc) is 3.72. The van der Waals surface area contributed by atoms with E-state index in [-0.39, 0.29) is 0 Å². The zero-order chi connectivity index (χ0) is 28.7. The maximum Gasteiger partial charge on any atom is 0.136 e. The minimum Gasteiger partial charge on any atom is -0.456 e. The van der Waals surface area contributed by atoms with Crippen molar-refractivity contribution in [2.45, 2.75) is 0 Å². The van der Waals surface area contributed by atoms with Gasteiger partial charge in [0.15, 0.2) is 0 Å². The highest BCUT2D eigenvalue weighted by atomic mass is 16.3. The molecule has 43 heavy (non-hydrogen) atoms. The predicted molar refractivity (Wildman–Crippen MR) is 170 cm³/mol. The number of hydrogen-bond acceptors (Lipinski definition) is 4. The molecule has 0 spiro atoms. The van der Waals surface area contributed by atoms with Gasteiger partial charge in [0, 0.05) is 37.9 Å². The Labute approximate surface area is 244 Å². The third-order valence-corrected chi connectivity index (χ3v) is 8.47. The van der Waals surface area contributed by atoms with Crippen LogP contribution >= 0.6 is 0 Å². The lowest BCUT2D eigenvalue weighted by Gasteiger charge is -2.16. The van der Waals surface area contributed by atoms with E-state index in [1.807, 2.05) is 66.7 Å². The molecule has 0 saturated carbocycles. The molecule has 9 rings (SSSR count). The summed E-state index contributed by atoms with van der Waals surface area (Å²) in [6, 6.07) is 42.8. The zero-order valence-corrected chi connectivity index (χ0v) is 22.6. The van der Waals surface area contributed by atoms with Gasteiger partial charge in [-0.1, -0.05) is 54.6 Å². The molecule has 0 bridgehead atoms. The molecule has 0 aliphatic heterocycles. The van der Waals surface area contributed by atoms with Gasteiger partial charge < -0.3 is 13.4 Å². The summed E-state index contributed by atoms with van der Waals surface area (Å²) >= 11 is 0. The maximum atomic E-state index is 10.3. The first-order chi connectivity index (χ1) is 21.2. The Bertz CT molecular complexity index is 2650. The summed E-state index contributed by atoms with van der Waals surface area (Å²) in [7, 11) is 0. The fourth-order valence-electron chi connectivity index (χ4n) is 6.64. The first kappa shape index (κ1) is 23.4. The number of rotatable bonds is 2. The molecule has 0 N–H and O–H groups in total. The Balaban J connectivity index is 1.38. The molecule has 0 radical (unpaired) electrons. The van der Waals surface area contributed by atoms with Crippen molar-refractivity contribution in [1.29, 1.82) is 10.5 Å². The number of benzene rings is 6. The molecule has 198 valence electrons. The summed E-state index contributed by atoms with van der Waals surface area (Å²) in [5, 5.41) is 25.9. The van der Waals surface area contributed by atoms with Gasteiger partial charge in [-0.2, -0.15) is 10.5 Å². The van der Waals surface area contributed by atoms with Gasteiger partial charge in [0.2, 0.25) is 0 Å². The standard InChI is InChI=1S/C38H19N3O2/c39-20-22-12-14-32-28(18-22)36-34(42-32)16-17-35-37(36)29-19-23(13-15-33(29)43-35)25-9-5-6-24(21-40)38(25)41-30-10-3-1-7-26(30)27-8-2-4-11-31(27)41/h1-19H. The molecule has 0 saturated heterocycles. The van der Waals surface area contributed by atoms with Crippen LogP contribution in [0.25, 0.3) is 82.5 Å². The van der Waals surface area contributed by atoms with Crippen LogP contribution in [0.2, 0.25) is 0 Å². The number of para-hydroxylation sites is 3. The van der Waals surface area contributed by atoms with Gasteiger partial charge in [0.05, 0.1) is 33.9 Å². The lowest BCUT2D eigenvalue weighted by Crippen LogP contribution is -2.00. The summed E-state index contributed by atoms with van der Waals surface area (Å²) in [4.78, 5) is 0. The molecule has 0 fully saturated rings. The molecule has 3 heterocycles. The number of aromatic nitrogens is 1. The van der Waals surface area contributed by atoms with Crippen molar-refractivity contribution in [3.63, 3.8) is 0 Å². The first-order valence-electron chi connectivity index (χ1n) is 14.0. The van der Waals surface area contributed by atoms with Gasteiger partial charge in [0.1, 0.15) is 28.4 Å². The van der Waals surface area contributed by atoms with Gasteiger partial charge in [-0.3, -0.25) is 0 Å². The van der Waals surface area contributed by atoms with E-state index >= 15 is 0 Å². The Morgan fingerprint density at radius 3 is 1.77 bits per heavy atom. The van der Waals surface area contributed by atoms with Gasteiger partial charge in [-0.15, -0.1) is 0 Å². The topological polar surface area (TPSA) is 78.8 Å². The van der Waals surface area contributed by atoms with Crippen LogP contribution in [0.1, 0.15) is 11.1 Å². The van der Waals surface area contributed by atoms with Gasteiger partial charge in [0.25, 0.3) is 0 Å². The first-order valence-corrected chi connectivity index (χ1v) is 14.0. The zero-order valence-electron chi connectivity index (χ0n) is 22.6. The van der Waals surface area contributed by atoms with Crippen molar-refractivity contribution < 1.29 is 8.83 Å². The van der Waals surface area contributed by atoms with Crippen LogP contribution in [-0.2, 0) is 0 Å². The number of nitriles is 2. The smallest absolute Gasteiger partial charge is 0.136 e. The summed E-state index contributed by atoms with van der Waals surface area (Å²) in [6.07, 6.45) is 0. The van der Waals surface area contributed by atoms with Crippen molar-refractivity contribution in [1.82, 2.24) is 4.57 Å². The molecule has 5 heteroatoms. The van der Waals surface area contributed by atoms with Gasteiger partial charge in [-0.25, -0.2) is 0 Å². The molecule has 5 nitrogen and oxygen atoms in total. The molecule has 0 amide bonds. The molecule has 6 aromatic carbocycles. The average molecular weight is 550 g/mol. The second kappa shape index (κ2) is 8.60. The van der Waals surface area contributed by atoms with E-state index in [2.05, 4.69) is 59.2 Å². The number of furan rings is 2. The third kappa shape index (κ3) is 3.19. The van der Waals surface area contributed by atoms with Crippen LogP contribution in [0.4, 0.5) is 0 Å². The Morgan fingerprint density at radius 1 is 0.512 bits per heavy atom. The fourth-order valence-corrected chi connectivity index (χ4v) is 6.64. The summed E-state index contributed by atoms with van der Waals surface area (Å²) in [5.41, 5.74) is 8.97. The Kier molecular flexibility index (Phi) is 4.68. The highest BCUT2D eigenvalue weighted by molar-refractivity contribution is 6.26. The van der Waals surface area contributed by atoms with E-state index in [0.717, 1.165) is 82.5 Å². The molecule has 9 aromatic rings. The van der Waals surface area contributed by atoms with Crippen LogP contribution in [-0.4, -0.2) is 4.57 Å². The normalized spacial score (nSPS) is 11.7. The molecular formula is C38H19N3O2. The van der Waals surface area contributed by atoms with Crippen molar-refractivity contribution in [2.75, 3.05) is 0 Å². The lowest BCUT2D eigenvalue weighted by atomic mass is 9.97. The highest BCUT2D eigenvalue weighted by Gasteiger charge is 2.21. The molecule has 3 aromatic heterocycles. The van der Waals surface area contributed by atoms with Gasteiger partial charge in [-0.05, 0) is 66.2 Å². The largest absolute Gasteiger partial charge is 0.456 e. The minimum atomic E-state index is 0.574. The van der Waals surface area contributed by atoms with E-state index in [4.69, 9.17) is 8.83 Å². The number of nitrogens with zero attached hydrogens (tertiary/aromatic N) is 3. The minimum absolute atomic E-state index is 0.574. The quantitative estimate of drug-likeness (QED) is 0.215. The second-order valence-electron chi connectivity index (χ2n) is 10.7. The fraction of sp³-hybridized carbons (Fsp3) is 0. The highest BCUT2D eigenvalue weighted by Crippen LogP contribution is 2.43. The van der Waals surface area contributed by atoms with E-state index in [0.29, 0.717) is 11.1 Å². The van der Waals surface area contributed by atoms with Crippen LogP contribution in [0.15, 0.2) is 124 Å². The van der Waals surface area contributed by atoms with Crippen molar-refractivity contribution in [3.8, 4) is 29.0 Å². The van der Waals surface area contributed by atoms with Crippen molar-refractivity contribution >= 4 is 65.7 Å². The van der Waals surface area contributed by atoms with Crippen LogP contribution in [0.5, 0.6) is 0 Å². The second-order valence-corrected chi connectivity index (χ2v) is 10.7. The third-order valence-electron chi connectivity index (χ3n) is 8.47. The summed E-state index contributed by atoms with van der Waals surface area (Å²) in [5.74, 6) is 0. The van der Waals surface area contributed by atoms with Crippen molar-refractivity contribution in [2.24, 2.45) is 0 Å². The van der Waals surface area contributed by atoms with Crippen LogP contribution in [0.3, 0.4) is 0 Å². The number of fused-ring (bicyclic) bond motifs is 10. The predicted octanol–water partition coefficient (Wildman–Crippen LogP) is 9.99. The van der Waals surface area contributed by atoms with Crippen LogP contribution in [0, 0.1) is 22.7 Å². The number of hydrogen-bond donors (Lipinski definition) is 0. The molecule has 0 aliphatic rings. The van der Waals surface area contributed by atoms with Crippen molar-refractivity contribution in [3.05, 3.63) is 126 Å². The summed E-state index contributed by atoms with van der Waals surface area (Å²) < 4.78 is 14.7. The Hall–Kier alpha value is -6.30. The summed E-state index contributed by atoms with van der Waals surface area (Å²) in [6.45, 7) is 0. The molecular weight excluding hydrogens is 530 g/mol. The maximum absolute atomic E-state index is 10.3. The molecule has 0 unspecified atom stereocenters. The Morgan fingerprint density at radius 2 is 1.12 bits per heavy atom. The SMILES string of the molecule is N#Cc1ccc2oc3ccc4oc5ccc(-c6cccc(C#N)c6-n6c7ccccc7c7ccccc76)cc5c4c3c2c1. The molecule has 0 aliphatic carbocycles. The van der Waals surface area contributed by atoms with E-state index in [1.165, 1.54) is 0 Å². The van der Waals surface area contributed by atoms with E-state index in [9.17, 15) is 10.5 Å². The van der Waals surface area contributed by atoms with E-state index < -0.39 is 0 Å². The molecule has 0 atom stereocenters. The van der Waals surface area contributed by atoms with Gasteiger partial charge >= 0.3 is 0 Å². The van der Waals surface area contributed by atoms with Crippen LogP contribution < -0.4 is 0 Å².